The molecule has 0 fully saturated rings. The van der Waals surface area contributed by atoms with Gasteiger partial charge in [-0.1, -0.05) is 24.1 Å². The summed E-state index contributed by atoms with van der Waals surface area (Å²) >= 11 is 0. The third-order valence-corrected chi connectivity index (χ3v) is 7.42. The number of ether oxygens (including phenoxy) is 5. The molecule has 0 saturated carbocycles. The van der Waals surface area contributed by atoms with E-state index >= 15 is 0 Å². The van der Waals surface area contributed by atoms with Crippen LogP contribution in [0.25, 0.3) is 0 Å². The van der Waals surface area contributed by atoms with Gasteiger partial charge in [-0.2, -0.15) is 0 Å². The van der Waals surface area contributed by atoms with E-state index < -0.39 is 11.1 Å². The molecule has 3 unspecified atom stereocenters. The van der Waals surface area contributed by atoms with Crippen molar-refractivity contribution in [3.63, 3.8) is 0 Å². The quantitative estimate of drug-likeness (QED) is 0.128. The van der Waals surface area contributed by atoms with Crippen molar-refractivity contribution < 1.29 is 23.7 Å². The molecule has 0 radical (unpaired) electrons. The zero-order valence-corrected chi connectivity index (χ0v) is 26.5. The zero-order chi connectivity index (χ0) is 26.5. The van der Waals surface area contributed by atoms with Crippen LogP contribution in [0.4, 0.5) is 0 Å². The Morgan fingerprint density at radius 2 is 0.912 bits per heavy atom. The van der Waals surface area contributed by atoms with E-state index in [1.165, 1.54) is 0 Å². The van der Waals surface area contributed by atoms with Crippen LogP contribution in [0.2, 0.25) is 0 Å². The lowest BCUT2D eigenvalue weighted by molar-refractivity contribution is -0.199. The molecule has 0 aromatic carbocycles. The van der Waals surface area contributed by atoms with Crippen LogP contribution in [0.3, 0.4) is 0 Å². The molecule has 0 aromatic rings. The summed E-state index contributed by atoms with van der Waals surface area (Å²) in [6.45, 7) is 29.0. The SMILES string of the molecule is CCC(OC(C)C)N(CCPC(C)(OC(C)C)OC(C)C)CCPC(C)(OC(C)C)OC(C)C. The highest BCUT2D eigenvalue weighted by Crippen LogP contribution is 2.38. The fourth-order valence-electron chi connectivity index (χ4n) is 4.03. The van der Waals surface area contributed by atoms with Crippen molar-refractivity contribution in [3.05, 3.63) is 0 Å². The van der Waals surface area contributed by atoms with Gasteiger partial charge in [-0.05, 0) is 102 Å². The van der Waals surface area contributed by atoms with Gasteiger partial charge in [-0.3, -0.25) is 4.90 Å². The first-order valence-electron chi connectivity index (χ1n) is 13.2. The molecule has 0 N–H and O–H groups in total. The van der Waals surface area contributed by atoms with E-state index in [4.69, 9.17) is 23.7 Å². The van der Waals surface area contributed by atoms with Gasteiger partial charge in [0.25, 0.3) is 0 Å². The lowest BCUT2D eigenvalue weighted by atomic mass is 10.3. The average molecular weight is 526 g/mol. The molecule has 0 rings (SSSR count). The maximum absolute atomic E-state index is 6.29. The van der Waals surface area contributed by atoms with Crippen LogP contribution in [-0.4, -0.2) is 78.1 Å². The van der Waals surface area contributed by atoms with Gasteiger partial charge >= 0.3 is 0 Å². The van der Waals surface area contributed by atoms with Gasteiger partial charge in [0.15, 0.2) is 11.1 Å². The first-order chi connectivity index (χ1) is 15.6. The zero-order valence-electron chi connectivity index (χ0n) is 24.5. The fourth-order valence-corrected chi connectivity index (χ4v) is 7.01. The van der Waals surface area contributed by atoms with Crippen LogP contribution in [-0.2, 0) is 23.7 Å². The third-order valence-electron chi connectivity index (χ3n) is 4.72. The monoisotopic (exact) mass is 525 g/mol. The molecule has 0 aliphatic rings. The largest absolute Gasteiger partial charge is 0.361 e. The summed E-state index contributed by atoms with van der Waals surface area (Å²) in [4.78, 5) is 2.48. The minimum absolute atomic E-state index is 0.0983. The number of nitrogens with zero attached hydrogens (tertiary/aromatic N) is 1. The second kappa shape index (κ2) is 17.2. The van der Waals surface area contributed by atoms with Crippen LogP contribution in [0, 0.1) is 0 Å². The van der Waals surface area contributed by atoms with Gasteiger partial charge in [-0.15, -0.1) is 0 Å². The third kappa shape index (κ3) is 16.4. The summed E-state index contributed by atoms with van der Waals surface area (Å²) in [5.74, 6) is 0. The predicted molar refractivity (Wildman–Crippen MR) is 150 cm³/mol. The standard InChI is InChI=1S/C26H57NO5P2/c1-14-24(28-19(2)3)27(15-17-33-25(12,29-20(4)5)30-21(6)7)16-18-34-26(13,31-22(8)9)32-23(10)11/h19-24,33-34H,14-18H2,1-13H3. The minimum atomic E-state index is -0.550. The average Bonchev–Trinajstić information content (AvgIpc) is 2.61. The van der Waals surface area contributed by atoms with Gasteiger partial charge in [0.2, 0.25) is 0 Å². The molecule has 0 spiro atoms. The lowest BCUT2D eigenvalue weighted by Gasteiger charge is -2.37. The highest BCUT2D eigenvalue weighted by molar-refractivity contribution is 7.39. The maximum atomic E-state index is 6.29. The van der Waals surface area contributed by atoms with Crippen molar-refractivity contribution in [2.75, 3.05) is 25.4 Å². The highest BCUT2D eigenvalue weighted by atomic mass is 31.1. The Hall–Kier alpha value is 0.620. The molecule has 6 nitrogen and oxygen atoms in total. The summed E-state index contributed by atoms with van der Waals surface area (Å²) in [6.07, 6.45) is 3.74. The van der Waals surface area contributed by atoms with Crippen molar-refractivity contribution in [1.82, 2.24) is 4.90 Å². The minimum Gasteiger partial charge on any atom is -0.361 e. The van der Waals surface area contributed by atoms with Crippen LogP contribution < -0.4 is 0 Å². The van der Waals surface area contributed by atoms with Gasteiger partial charge in [0.05, 0.1) is 30.5 Å². The van der Waals surface area contributed by atoms with E-state index in [9.17, 15) is 0 Å². The van der Waals surface area contributed by atoms with Crippen molar-refractivity contribution in [1.29, 1.82) is 0 Å². The van der Waals surface area contributed by atoms with Crippen LogP contribution in [0.5, 0.6) is 0 Å². The summed E-state index contributed by atoms with van der Waals surface area (Å²) in [5.41, 5.74) is -1.10. The lowest BCUT2D eigenvalue weighted by Crippen LogP contribution is -2.42. The van der Waals surface area contributed by atoms with E-state index in [1.807, 2.05) is 0 Å². The molecule has 0 aliphatic carbocycles. The van der Waals surface area contributed by atoms with E-state index in [-0.39, 0.29) is 36.7 Å². The van der Waals surface area contributed by atoms with E-state index in [2.05, 4.69) is 94.9 Å². The summed E-state index contributed by atoms with van der Waals surface area (Å²) in [6, 6.07) is 0. The second-order valence-corrected chi connectivity index (χ2v) is 14.0. The maximum Gasteiger partial charge on any atom is 0.181 e. The van der Waals surface area contributed by atoms with Crippen molar-refractivity contribution >= 4 is 17.2 Å². The summed E-state index contributed by atoms with van der Waals surface area (Å²) in [7, 11) is 1.09. The van der Waals surface area contributed by atoms with E-state index in [0.717, 1.165) is 31.8 Å². The molecule has 3 atom stereocenters. The molecular formula is C26H57NO5P2. The first-order valence-corrected chi connectivity index (χ1v) is 15.6. The van der Waals surface area contributed by atoms with Crippen LogP contribution in [0.1, 0.15) is 96.4 Å². The molecule has 0 aliphatic heterocycles. The predicted octanol–water partition coefficient (Wildman–Crippen LogP) is 6.85. The van der Waals surface area contributed by atoms with Crippen molar-refractivity contribution in [2.24, 2.45) is 0 Å². The van der Waals surface area contributed by atoms with Crippen LogP contribution in [0.15, 0.2) is 0 Å². The Balaban J connectivity index is 5.27. The van der Waals surface area contributed by atoms with Gasteiger partial charge in [0, 0.05) is 13.1 Å². The Labute approximate surface area is 215 Å². The molecule has 0 bridgehead atoms. The molecule has 8 heteroatoms. The Morgan fingerprint density at radius 3 is 1.15 bits per heavy atom. The van der Waals surface area contributed by atoms with Gasteiger partial charge in [0.1, 0.15) is 6.23 Å². The number of hydrogen-bond donors (Lipinski definition) is 0. The molecule has 34 heavy (non-hydrogen) atoms. The molecule has 0 heterocycles. The number of hydrogen-bond acceptors (Lipinski definition) is 6. The molecule has 0 saturated heterocycles. The van der Waals surface area contributed by atoms with E-state index in [1.54, 1.807) is 0 Å². The number of rotatable bonds is 20. The van der Waals surface area contributed by atoms with Crippen molar-refractivity contribution in [2.45, 2.75) is 144 Å². The summed E-state index contributed by atoms with van der Waals surface area (Å²) in [5, 5.41) is 0. The first kappa shape index (κ1) is 34.6. The normalized spacial score (nSPS) is 15.3. The molecular weight excluding hydrogens is 468 g/mol. The Morgan fingerprint density at radius 1 is 0.588 bits per heavy atom. The molecule has 206 valence electrons. The van der Waals surface area contributed by atoms with E-state index in [0.29, 0.717) is 17.2 Å². The molecule has 0 amide bonds. The Kier molecular flexibility index (Phi) is 17.5. The topological polar surface area (TPSA) is 49.4 Å². The second-order valence-electron chi connectivity index (χ2n) is 10.5. The Bertz CT molecular complexity index is 461. The summed E-state index contributed by atoms with van der Waals surface area (Å²) < 4.78 is 31.1. The fraction of sp³-hybridized carbons (Fsp3) is 1.00. The van der Waals surface area contributed by atoms with Gasteiger partial charge in [-0.25, -0.2) is 0 Å². The highest BCUT2D eigenvalue weighted by Gasteiger charge is 2.31. The smallest absolute Gasteiger partial charge is 0.181 e. The van der Waals surface area contributed by atoms with Crippen molar-refractivity contribution in [3.8, 4) is 0 Å². The molecule has 0 aromatic heterocycles. The van der Waals surface area contributed by atoms with Crippen LogP contribution >= 0.6 is 17.2 Å². The van der Waals surface area contributed by atoms with Gasteiger partial charge < -0.3 is 23.7 Å².